The second-order valence-corrected chi connectivity index (χ2v) is 8.23. The van der Waals surface area contributed by atoms with Crippen molar-refractivity contribution in [3.8, 4) is 0 Å². The predicted molar refractivity (Wildman–Crippen MR) is 96.6 cm³/mol. The topological polar surface area (TPSA) is 57.2 Å². The van der Waals surface area contributed by atoms with Gasteiger partial charge in [0.25, 0.3) is 0 Å². The summed E-state index contributed by atoms with van der Waals surface area (Å²) in [4.78, 5) is 22.3. The van der Waals surface area contributed by atoms with Crippen LogP contribution in [0, 0.1) is 0 Å². The third kappa shape index (κ3) is 4.20. The minimum Gasteiger partial charge on any atom is -0.444 e. The van der Waals surface area contributed by atoms with Gasteiger partial charge in [0.05, 0.1) is 12.6 Å². The van der Waals surface area contributed by atoms with E-state index in [1.54, 1.807) is 16.2 Å². The lowest BCUT2D eigenvalue weighted by Crippen LogP contribution is -2.57. The maximum atomic E-state index is 12.2. The summed E-state index contributed by atoms with van der Waals surface area (Å²) in [5, 5.41) is 5.55. The van der Waals surface area contributed by atoms with E-state index in [1.165, 1.54) is 4.88 Å². The number of hydrogen-bond acceptors (Lipinski definition) is 6. The number of thiophene rings is 1. The van der Waals surface area contributed by atoms with E-state index in [9.17, 15) is 4.79 Å². The molecule has 1 fully saturated rings. The number of nitrogens with zero attached hydrogens (tertiary/aromatic N) is 3. The van der Waals surface area contributed by atoms with Crippen LogP contribution in [0.15, 0.2) is 22.5 Å². The Bertz CT molecular complexity index is 594. The first-order chi connectivity index (χ1) is 11.4. The van der Waals surface area contributed by atoms with Gasteiger partial charge in [-0.25, -0.2) is 4.79 Å². The van der Waals surface area contributed by atoms with E-state index in [1.807, 2.05) is 20.8 Å². The van der Waals surface area contributed by atoms with Gasteiger partial charge in [0.2, 0.25) is 0 Å². The molecule has 132 valence electrons. The molecule has 7 heteroatoms. The Balaban J connectivity index is 1.46. The second kappa shape index (κ2) is 7.01. The summed E-state index contributed by atoms with van der Waals surface area (Å²) in [6.45, 7) is 9.47. The van der Waals surface area contributed by atoms with Crippen LogP contribution in [-0.2, 0) is 11.2 Å². The van der Waals surface area contributed by atoms with E-state index < -0.39 is 5.60 Å². The van der Waals surface area contributed by atoms with Crippen molar-refractivity contribution in [1.82, 2.24) is 15.1 Å². The first kappa shape index (κ1) is 17.1. The molecule has 1 aromatic heterocycles. The molecule has 1 saturated heterocycles. The minimum absolute atomic E-state index is 0.221. The lowest BCUT2D eigenvalue weighted by Gasteiger charge is -2.39. The van der Waals surface area contributed by atoms with Crippen molar-refractivity contribution in [2.45, 2.75) is 38.8 Å². The maximum Gasteiger partial charge on any atom is 0.410 e. The first-order valence-corrected chi connectivity index (χ1v) is 9.35. The number of guanidine groups is 1. The molecule has 24 heavy (non-hydrogen) atoms. The third-order valence-electron chi connectivity index (χ3n) is 4.09. The van der Waals surface area contributed by atoms with E-state index in [0.29, 0.717) is 13.1 Å². The minimum atomic E-state index is -0.450. The van der Waals surface area contributed by atoms with Gasteiger partial charge in [-0.1, -0.05) is 6.07 Å². The molecule has 1 amide bonds. The molecule has 2 aliphatic rings. The molecule has 3 heterocycles. The van der Waals surface area contributed by atoms with E-state index in [2.05, 4.69) is 32.7 Å². The Morgan fingerprint density at radius 2 is 2.29 bits per heavy atom. The summed E-state index contributed by atoms with van der Waals surface area (Å²) < 4.78 is 5.48. The molecule has 1 N–H and O–H groups in total. The normalized spacial score (nSPS) is 20.6. The lowest BCUT2D eigenvalue weighted by atomic mass is 10.2. The molecule has 1 unspecified atom stereocenters. The maximum absolute atomic E-state index is 12.2. The van der Waals surface area contributed by atoms with Crippen LogP contribution >= 0.6 is 11.3 Å². The summed E-state index contributed by atoms with van der Waals surface area (Å²) in [5.41, 5.74) is -0.450. The van der Waals surface area contributed by atoms with Gasteiger partial charge < -0.3 is 19.9 Å². The number of piperazine rings is 1. The van der Waals surface area contributed by atoms with Gasteiger partial charge in [0.1, 0.15) is 5.60 Å². The number of aliphatic imine (C=N–C) groups is 1. The molecular formula is C17H26N4O2S. The zero-order valence-corrected chi connectivity index (χ0v) is 15.4. The van der Waals surface area contributed by atoms with Crippen molar-refractivity contribution < 1.29 is 9.53 Å². The Morgan fingerprint density at radius 3 is 3.00 bits per heavy atom. The fraction of sp³-hybridized carbons (Fsp3) is 0.647. The van der Waals surface area contributed by atoms with Crippen molar-refractivity contribution >= 4 is 23.4 Å². The third-order valence-corrected chi connectivity index (χ3v) is 5.03. The van der Waals surface area contributed by atoms with Crippen LogP contribution in [0.1, 0.15) is 25.6 Å². The molecule has 1 atom stereocenters. The molecule has 1 aromatic rings. The van der Waals surface area contributed by atoms with Crippen molar-refractivity contribution in [3.05, 3.63) is 22.4 Å². The quantitative estimate of drug-likeness (QED) is 0.908. The van der Waals surface area contributed by atoms with Crippen LogP contribution in [0.4, 0.5) is 4.79 Å². The molecule has 0 radical (unpaired) electrons. The van der Waals surface area contributed by atoms with Crippen LogP contribution in [0.25, 0.3) is 0 Å². The van der Waals surface area contributed by atoms with E-state index in [4.69, 9.17) is 4.74 Å². The zero-order chi connectivity index (χ0) is 17.2. The molecule has 3 rings (SSSR count). The van der Waals surface area contributed by atoms with Crippen LogP contribution in [-0.4, -0.2) is 66.2 Å². The molecule has 0 aromatic carbocycles. The molecular weight excluding hydrogens is 324 g/mol. The van der Waals surface area contributed by atoms with Crippen molar-refractivity contribution in [2.24, 2.45) is 4.99 Å². The highest BCUT2D eigenvalue weighted by molar-refractivity contribution is 7.09. The van der Waals surface area contributed by atoms with Gasteiger partial charge >= 0.3 is 6.09 Å². The highest BCUT2D eigenvalue weighted by Crippen LogP contribution is 2.18. The van der Waals surface area contributed by atoms with Crippen LogP contribution in [0.3, 0.4) is 0 Å². The zero-order valence-electron chi connectivity index (χ0n) is 14.6. The Morgan fingerprint density at radius 1 is 1.46 bits per heavy atom. The lowest BCUT2D eigenvalue weighted by molar-refractivity contribution is 0.0137. The fourth-order valence-electron chi connectivity index (χ4n) is 2.98. The summed E-state index contributed by atoms with van der Waals surface area (Å²) in [5.74, 6) is 0.973. The molecule has 0 aliphatic carbocycles. The second-order valence-electron chi connectivity index (χ2n) is 7.19. The Labute approximate surface area is 147 Å². The summed E-state index contributed by atoms with van der Waals surface area (Å²) in [6, 6.07) is 4.50. The SMILES string of the molecule is CC(C)(C)OC(=O)N1CCN2C(NCCc3cccs3)=NCC2C1. The summed E-state index contributed by atoms with van der Waals surface area (Å²) in [7, 11) is 0. The molecule has 6 nitrogen and oxygen atoms in total. The van der Waals surface area contributed by atoms with E-state index >= 15 is 0 Å². The molecule has 0 saturated carbocycles. The van der Waals surface area contributed by atoms with Crippen molar-refractivity contribution in [3.63, 3.8) is 0 Å². The fourth-order valence-corrected chi connectivity index (χ4v) is 3.68. The van der Waals surface area contributed by atoms with Crippen LogP contribution in [0.5, 0.6) is 0 Å². The van der Waals surface area contributed by atoms with Gasteiger partial charge in [-0.05, 0) is 38.6 Å². The molecule has 0 spiro atoms. The van der Waals surface area contributed by atoms with Crippen LogP contribution in [0.2, 0.25) is 0 Å². The summed E-state index contributed by atoms with van der Waals surface area (Å²) >= 11 is 1.78. The van der Waals surface area contributed by atoms with Gasteiger partial charge in [-0.2, -0.15) is 0 Å². The number of fused-ring (bicyclic) bond motifs is 1. The average Bonchev–Trinajstić information content (AvgIpc) is 3.15. The number of ether oxygens (including phenoxy) is 1. The molecule has 2 aliphatic heterocycles. The number of hydrogen-bond donors (Lipinski definition) is 1. The first-order valence-electron chi connectivity index (χ1n) is 8.48. The number of nitrogens with one attached hydrogen (secondary N) is 1. The van der Waals surface area contributed by atoms with Gasteiger partial charge in [0.15, 0.2) is 5.96 Å². The van der Waals surface area contributed by atoms with Gasteiger partial charge in [-0.15, -0.1) is 11.3 Å². The smallest absolute Gasteiger partial charge is 0.410 e. The van der Waals surface area contributed by atoms with Gasteiger partial charge in [0, 0.05) is 31.1 Å². The Kier molecular flexibility index (Phi) is 4.99. The van der Waals surface area contributed by atoms with Crippen LogP contribution < -0.4 is 5.32 Å². The number of rotatable bonds is 3. The standard InChI is InChI=1S/C17H26N4O2S/c1-17(2,3)23-16(22)20-8-9-21-13(12-20)11-19-15(21)18-7-6-14-5-4-10-24-14/h4-5,10,13H,6-9,11-12H2,1-3H3,(H,18,19). The average molecular weight is 350 g/mol. The number of carbonyl (C=O) groups is 1. The summed E-state index contributed by atoms with van der Waals surface area (Å²) in [6.07, 6.45) is 0.792. The Hall–Kier alpha value is -1.76. The van der Waals surface area contributed by atoms with Crippen molar-refractivity contribution in [2.75, 3.05) is 32.7 Å². The highest BCUT2D eigenvalue weighted by Gasteiger charge is 2.36. The number of carbonyl (C=O) groups excluding carboxylic acids is 1. The highest BCUT2D eigenvalue weighted by atomic mass is 32.1. The van der Waals surface area contributed by atoms with E-state index in [-0.39, 0.29) is 12.1 Å². The van der Waals surface area contributed by atoms with Gasteiger partial charge in [-0.3, -0.25) is 4.99 Å². The van der Waals surface area contributed by atoms with Crippen molar-refractivity contribution in [1.29, 1.82) is 0 Å². The monoisotopic (exact) mass is 350 g/mol. The van der Waals surface area contributed by atoms with E-state index in [0.717, 1.165) is 32.0 Å². The largest absolute Gasteiger partial charge is 0.444 e. The number of amides is 1. The molecule has 0 bridgehead atoms. The predicted octanol–water partition coefficient (Wildman–Crippen LogP) is 2.17.